The zero-order valence-electron chi connectivity index (χ0n) is 14.4. The van der Waals surface area contributed by atoms with Gasteiger partial charge in [0.2, 0.25) is 0 Å². The van der Waals surface area contributed by atoms with Gasteiger partial charge in [-0.1, -0.05) is 68.3 Å². The molecule has 0 aromatic heterocycles. The molecule has 122 valence electrons. The summed E-state index contributed by atoms with van der Waals surface area (Å²) in [5.74, 6) is 0. The van der Waals surface area contributed by atoms with Gasteiger partial charge < -0.3 is 0 Å². The Morgan fingerprint density at radius 1 is 0.500 bits per heavy atom. The lowest BCUT2D eigenvalue weighted by atomic mass is 9.94. The van der Waals surface area contributed by atoms with Crippen molar-refractivity contribution in [3.63, 3.8) is 0 Å². The lowest BCUT2D eigenvalue weighted by Crippen LogP contribution is -1.89. The van der Waals surface area contributed by atoms with Gasteiger partial charge in [-0.3, -0.25) is 0 Å². The van der Waals surface area contributed by atoms with Crippen molar-refractivity contribution in [2.45, 2.75) is 27.7 Å². The number of rotatable bonds is 2. The molecule has 2 heteroatoms. The predicted molar refractivity (Wildman–Crippen MR) is 112 cm³/mol. The molecule has 0 aliphatic carbocycles. The normalized spacial score (nSPS) is 10.9. The van der Waals surface area contributed by atoms with Crippen molar-refractivity contribution in [2.24, 2.45) is 0 Å². The van der Waals surface area contributed by atoms with E-state index in [0.29, 0.717) is 0 Å². The molecule has 0 saturated carbocycles. The van der Waals surface area contributed by atoms with Crippen LogP contribution in [0.2, 0.25) is 0 Å². The average molecular weight is 444 g/mol. The summed E-state index contributed by atoms with van der Waals surface area (Å²) in [6.07, 6.45) is 0. The first-order valence-corrected chi connectivity index (χ1v) is 9.59. The summed E-state index contributed by atoms with van der Waals surface area (Å²) in [4.78, 5) is 0. The van der Waals surface area contributed by atoms with Crippen molar-refractivity contribution in [1.29, 1.82) is 0 Å². The van der Waals surface area contributed by atoms with Gasteiger partial charge in [-0.25, -0.2) is 0 Å². The Morgan fingerprint density at radius 2 is 0.833 bits per heavy atom. The highest BCUT2D eigenvalue weighted by atomic mass is 79.9. The molecule has 3 aromatic carbocycles. The Hall–Kier alpha value is -1.38. The van der Waals surface area contributed by atoms with Crippen LogP contribution in [0.1, 0.15) is 22.3 Å². The maximum absolute atomic E-state index is 3.61. The lowest BCUT2D eigenvalue weighted by molar-refractivity contribution is 1.35. The van der Waals surface area contributed by atoms with Gasteiger partial charge in [0.1, 0.15) is 0 Å². The highest BCUT2D eigenvalue weighted by molar-refractivity contribution is 9.10. The quantitative estimate of drug-likeness (QED) is 0.379. The van der Waals surface area contributed by atoms with Gasteiger partial charge >= 0.3 is 0 Å². The van der Waals surface area contributed by atoms with E-state index in [1.165, 1.54) is 53.5 Å². The van der Waals surface area contributed by atoms with Gasteiger partial charge in [0, 0.05) is 8.95 Å². The van der Waals surface area contributed by atoms with Gasteiger partial charge in [0.25, 0.3) is 0 Å². The predicted octanol–water partition coefficient (Wildman–Crippen LogP) is 7.78. The van der Waals surface area contributed by atoms with Crippen LogP contribution in [0.4, 0.5) is 0 Å². The Morgan fingerprint density at radius 3 is 1.17 bits per heavy atom. The minimum absolute atomic E-state index is 1.17. The molecule has 0 heterocycles. The SMILES string of the molecule is Cc1cc(-c2ccc(-c3cc(C)c(Br)cc3C)cc2)c(C)cc1Br. The van der Waals surface area contributed by atoms with Crippen molar-refractivity contribution in [3.05, 3.63) is 79.7 Å². The van der Waals surface area contributed by atoms with E-state index in [2.05, 4.69) is 108 Å². The van der Waals surface area contributed by atoms with Crippen LogP contribution in [-0.2, 0) is 0 Å². The number of hydrogen-bond acceptors (Lipinski definition) is 0. The van der Waals surface area contributed by atoms with Crippen LogP contribution in [0.5, 0.6) is 0 Å². The van der Waals surface area contributed by atoms with E-state index in [0.717, 1.165) is 0 Å². The van der Waals surface area contributed by atoms with Gasteiger partial charge in [-0.2, -0.15) is 0 Å². The maximum Gasteiger partial charge on any atom is 0.0207 e. The fourth-order valence-corrected chi connectivity index (χ4v) is 3.93. The molecule has 3 aromatic rings. The van der Waals surface area contributed by atoms with Crippen LogP contribution in [-0.4, -0.2) is 0 Å². The van der Waals surface area contributed by atoms with Gasteiger partial charge in [-0.15, -0.1) is 0 Å². The molecule has 0 N–H and O–H groups in total. The van der Waals surface area contributed by atoms with Crippen molar-refractivity contribution < 1.29 is 0 Å². The van der Waals surface area contributed by atoms with Crippen molar-refractivity contribution in [3.8, 4) is 22.3 Å². The maximum atomic E-state index is 3.61. The molecule has 24 heavy (non-hydrogen) atoms. The molecular formula is C22H20Br2. The first-order chi connectivity index (χ1) is 11.4. The highest BCUT2D eigenvalue weighted by Gasteiger charge is 2.08. The number of hydrogen-bond donors (Lipinski definition) is 0. The second-order valence-corrected chi connectivity index (χ2v) is 8.12. The molecule has 3 rings (SSSR count). The van der Waals surface area contributed by atoms with E-state index in [-0.39, 0.29) is 0 Å². The third-order valence-electron chi connectivity index (χ3n) is 4.52. The molecule has 0 unspecified atom stereocenters. The smallest absolute Gasteiger partial charge is 0.0207 e. The summed E-state index contributed by atoms with van der Waals surface area (Å²) in [7, 11) is 0. The monoisotopic (exact) mass is 442 g/mol. The van der Waals surface area contributed by atoms with Crippen LogP contribution < -0.4 is 0 Å². The Labute approximate surface area is 161 Å². The van der Waals surface area contributed by atoms with Gasteiger partial charge in [0.15, 0.2) is 0 Å². The molecule has 0 nitrogen and oxygen atoms in total. The summed E-state index contributed by atoms with van der Waals surface area (Å²) < 4.78 is 2.34. The first kappa shape index (κ1) is 17.4. The lowest BCUT2D eigenvalue weighted by Gasteiger charge is -2.12. The molecule has 0 amide bonds. The van der Waals surface area contributed by atoms with E-state index in [1.54, 1.807) is 0 Å². The van der Waals surface area contributed by atoms with E-state index < -0.39 is 0 Å². The van der Waals surface area contributed by atoms with Crippen LogP contribution in [0.3, 0.4) is 0 Å². The molecule has 0 atom stereocenters. The Kier molecular flexibility index (Phi) is 4.98. The van der Waals surface area contributed by atoms with E-state index in [4.69, 9.17) is 0 Å². The molecule has 0 spiro atoms. The Bertz CT molecular complexity index is 830. The zero-order valence-corrected chi connectivity index (χ0v) is 17.5. The summed E-state index contributed by atoms with van der Waals surface area (Å²) in [5, 5.41) is 0. The van der Waals surface area contributed by atoms with Crippen molar-refractivity contribution >= 4 is 31.9 Å². The number of aryl methyl sites for hydroxylation is 4. The Balaban J connectivity index is 2.03. The number of benzene rings is 3. The summed E-state index contributed by atoms with van der Waals surface area (Å²) in [5.41, 5.74) is 10.2. The summed E-state index contributed by atoms with van der Waals surface area (Å²) >= 11 is 7.22. The highest BCUT2D eigenvalue weighted by Crippen LogP contribution is 2.33. The first-order valence-electron chi connectivity index (χ1n) is 8.01. The van der Waals surface area contributed by atoms with Crippen LogP contribution in [0.15, 0.2) is 57.5 Å². The van der Waals surface area contributed by atoms with Crippen molar-refractivity contribution in [2.75, 3.05) is 0 Å². The molecule has 0 saturated heterocycles. The van der Waals surface area contributed by atoms with Crippen LogP contribution in [0.25, 0.3) is 22.3 Å². The fraction of sp³-hybridized carbons (Fsp3) is 0.182. The second kappa shape index (κ2) is 6.85. The van der Waals surface area contributed by atoms with E-state index >= 15 is 0 Å². The molecular weight excluding hydrogens is 424 g/mol. The third kappa shape index (κ3) is 3.36. The largest absolute Gasteiger partial charge is 0.0538 e. The van der Waals surface area contributed by atoms with Crippen LogP contribution in [0, 0.1) is 27.7 Å². The van der Waals surface area contributed by atoms with E-state index in [9.17, 15) is 0 Å². The van der Waals surface area contributed by atoms with Crippen LogP contribution >= 0.6 is 31.9 Å². The van der Waals surface area contributed by atoms with Gasteiger partial charge in [0.05, 0.1) is 0 Å². The minimum Gasteiger partial charge on any atom is -0.0538 e. The summed E-state index contributed by atoms with van der Waals surface area (Å²) in [6, 6.07) is 17.8. The zero-order chi connectivity index (χ0) is 17.4. The standard InChI is InChI=1S/C22H20Br2/c1-13-11-21(23)15(3)9-19(13)17-5-7-18(8-6-17)20-10-16(4)22(24)12-14(20)2/h5-12H,1-4H3. The molecule has 0 radical (unpaired) electrons. The number of halogens is 2. The minimum atomic E-state index is 1.17. The van der Waals surface area contributed by atoms with Gasteiger partial charge in [-0.05, 0) is 84.3 Å². The second-order valence-electron chi connectivity index (χ2n) is 6.41. The third-order valence-corrected chi connectivity index (χ3v) is 6.23. The average Bonchev–Trinajstić information content (AvgIpc) is 2.55. The van der Waals surface area contributed by atoms with E-state index in [1.807, 2.05) is 0 Å². The molecule has 0 aliphatic rings. The summed E-state index contributed by atoms with van der Waals surface area (Å²) in [6.45, 7) is 8.59. The topological polar surface area (TPSA) is 0 Å². The molecule has 0 aliphatic heterocycles. The fourth-order valence-electron chi connectivity index (χ4n) is 3.01. The molecule has 0 bridgehead atoms. The van der Waals surface area contributed by atoms with Crippen molar-refractivity contribution in [1.82, 2.24) is 0 Å². The molecule has 0 fully saturated rings.